The molecule has 0 aliphatic carbocycles. The number of nitrogens with zero attached hydrogens (tertiary/aromatic N) is 2. The minimum atomic E-state index is -1.09. The van der Waals surface area contributed by atoms with Crippen LogP contribution in [0.15, 0.2) is 18.2 Å². The van der Waals surface area contributed by atoms with Gasteiger partial charge in [-0.3, -0.25) is 0 Å². The van der Waals surface area contributed by atoms with Crippen molar-refractivity contribution in [3.8, 4) is 0 Å². The van der Waals surface area contributed by atoms with Gasteiger partial charge in [-0.2, -0.15) is 0 Å². The van der Waals surface area contributed by atoms with E-state index in [-0.39, 0.29) is 27.3 Å². The fraction of sp³-hybridized carbons (Fsp3) is 0.333. The van der Waals surface area contributed by atoms with Crippen molar-refractivity contribution < 1.29 is 14.7 Å². The van der Waals surface area contributed by atoms with Gasteiger partial charge in [0.1, 0.15) is 0 Å². The summed E-state index contributed by atoms with van der Waals surface area (Å²) in [7, 11) is 0. The first-order valence-corrected chi connectivity index (χ1v) is 7.18. The third-order valence-electron chi connectivity index (χ3n) is 2.74. The number of aliphatic carboxylic acids is 1. The van der Waals surface area contributed by atoms with Crippen molar-refractivity contribution in [3.05, 3.63) is 18.2 Å². The minimum absolute atomic E-state index is 0.0890. The summed E-state index contributed by atoms with van der Waals surface area (Å²) in [4.78, 5) is 22.9. The Morgan fingerprint density at radius 3 is 2.79 bits per heavy atom. The van der Waals surface area contributed by atoms with E-state index >= 15 is 0 Å². The van der Waals surface area contributed by atoms with E-state index in [0.717, 1.165) is 5.52 Å². The molecular formula is C12H13N3O3Se. The molecule has 1 aromatic heterocycles. The molecular weight excluding hydrogens is 313 g/mol. The van der Waals surface area contributed by atoms with Crippen LogP contribution in [0.3, 0.4) is 0 Å². The van der Waals surface area contributed by atoms with Crippen LogP contribution in [0.25, 0.3) is 11.0 Å². The van der Waals surface area contributed by atoms with E-state index in [0.29, 0.717) is 11.2 Å². The zero-order valence-electron chi connectivity index (χ0n) is 10.5. The van der Waals surface area contributed by atoms with Crippen LogP contribution in [-0.2, 0) is 9.59 Å². The van der Waals surface area contributed by atoms with Crippen molar-refractivity contribution in [1.82, 2.24) is 7.96 Å². The van der Waals surface area contributed by atoms with E-state index in [4.69, 9.17) is 5.11 Å². The Hall–Kier alpha value is -1.72. The van der Waals surface area contributed by atoms with Crippen molar-refractivity contribution in [2.45, 2.75) is 20.3 Å². The molecule has 2 N–H and O–H groups in total. The fourth-order valence-electron chi connectivity index (χ4n) is 1.58. The number of rotatable bonds is 4. The van der Waals surface area contributed by atoms with Gasteiger partial charge in [-0.05, 0) is 0 Å². The number of carboxylic acids is 1. The summed E-state index contributed by atoms with van der Waals surface area (Å²) >= 11 is -0.163. The van der Waals surface area contributed by atoms with Crippen LogP contribution in [0.4, 0.5) is 5.69 Å². The van der Waals surface area contributed by atoms with Gasteiger partial charge in [0.25, 0.3) is 0 Å². The Bertz CT molecular complexity index is 636. The number of hydrogen-bond donors (Lipinski definition) is 2. The van der Waals surface area contributed by atoms with Gasteiger partial charge in [-0.15, -0.1) is 0 Å². The molecule has 7 heteroatoms. The number of nitrogens with one attached hydrogen (secondary N) is 1. The molecule has 1 aromatic carbocycles. The molecule has 0 saturated carbocycles. The Kier molecular flexibility index (Phi) is 3.68. The quantitative estimate of drug-likeness (QED) is 0.822. The number of anilines is 1. The van der Waals surface area contributed by atoms with Crippen LogP contribution in [0.1, 0.15) is 20.3 Å². The molecule has 0 fully saturated rings. The number of aromatic nitrogens is 2. The van der Waals surface area contributed by atoms with E-state index in [9.17, 15) is 9.59 Å². The number of amides is 1. The van der Waals surface area contributed by atoms with E-state index in [1.165, 1.54) is 13.8 Å². The second-order valence-corrected chi connectivity index (χ2v) is 5.96. The number of carboxylic acid groups (broad SMARTS) is 1. The van der Waals surface area contributed by atoms with Crippen molar-refractivity contribution in [1.29, 1.82) is 0 Å². The molecule has 2 rings (SSSR count). The molecule has 0 spiro atoms. The Morgan fingerprint density at radius 1 is 1.37 bits per heavy atom. The summed E-state index contributed by atoms with van der Waals surface area (Å²) in [5.41, 5.74) is 0.958. The number of carbonyl (C=O) groups is 2. The standard InChI is InChI=1S/C12H13N3O3Se/c1-12(2,11(17)18)6-9(16)13-7-4-3-5-8-10(7)15-19-14-8/h3-5H,6H2,1-2H3,(H,13,16)(H,17,18). The first-order valence-electron chi connectivity index (χ1n) is 5.65. The van der Waals surface area contributed by atoms with Gasteiger partial charge in [-0.1, -0.05) is 0 Å². The van der Waals surface area contributed by atoms with E-state index in [1.54, 1.807) is 12.1 Å². The molecule has 0 saturated heterocycles. The summed E-state index contributed by atoms with van der Waals surface area (Å²) in [5.74, 6) is -1.33. The molecule has 2 aromatic rings. The summed E-state index contributed by atoms with van der Waals surface area (Å²) in [6.45, 7) is 3.04. The van der Waals surface area contributed by atoms with Gasteiger partial charge < -0.3 is 0 Å². The zero-order chi connectivity index (χ0) is 14.0. The number of benzene rings is 1. The van der Waals surface area contributed by atoms with Crippen LogP contribution >= 0.6 is 0 Å². The second-order valence-electron chi connectivity index (χ2n) is 4.85. The van der Waals surface area contributed by atoms with Gasteiger partial charge in [0, 0.05) is 0 Å². The van der Waals surface area contributed by atoms with Crippen LogP contribution in [0, 0.1) is 5.41 Å². The number of fused-ring (bicyclic) bond motifs is 1. The summed E-state index contributed by atoms with van der Waals surface area (Å²) in [6.07, 6.45) is -0.0890. The predicted octanol–water partition coefficient (Wildman–Crippen LogP) is 1.13. The van der Waals surface area contributed by atoms with Crippen LogP contribution in [-0.4, -0.2) is 39.9 Å². The first kappa shape index (κ1) is 13.7. The number of carbonyl (C=O) groups excluding carboxylic acids is 1. The molecule has 1 heterocycles. The van der Waals surface area contributed by atoms with Crippen LogP contribution < -0.4 is 5.32 Å². The third-order valence-corrected chi connectivity index (χ3v) is 3.88. The monoisotopic (exact) mass is 327 g/mol. The van der Waals surface area contributed by atoms with Gasteiger partial charge in [0.05, 0.1) is 0 Å². The maximum atomic E-state index is 11.9. The van der Waals surface area contributed by atoms with Crippen LogP contribution in [0.5, 0.6) is 0 Å². The van der Waals surface area contributed by atoms with Crippen molar-refractivity contribution in [2.24, 2.45) is 5.41 Å². The Labute approximate surface area is 116 Å². The van der Waals surface area contributed by atoms with Crippen LogP contribution in [0.2, 0.25) is 0 Å². The SMILES string of the molecule is CC(C)(CC(=O)Nc1cccc2n[se]nc12)C(=O)O. The van der Waals surface area contributed by atoms with Gasteiger partial charge in [-0.25, -0.2) is 0 Å². The maximum absolute atomic E-state index is 11.9. The Balaban J connectivity index is 2.15. The topological polar surface area (TPSA) is 92.2 Å². The van der Waals surface area contributed by atoms with Gasteiger partial charge in [0.15, 0.2) is 0 Å². The number of hydrogen-bond acceptors (Lipinski definition) is 4. The molecule has 0 bridgehead atoms. The molecule has 0 radical (unpaired) electrons. The molecule has 0 aliphatic heterocycles. The van der Waals surface area contributed by atoms with Gasteiger partial charge in [0.2, 0.25) is 0 Å². The van der Waals surface area contributed by atoms with Gasteiger partial charge >= 0.3 is 115 Å². The summed E-state index contributed by atoms with van der Waals surface area (Å²) in [5, 5.41) is 11.7. The molecule has 0 unspecified atom stereocenters. The Morgan fingerprint density at radius 2 is 2.11 bits per heavy atom. The fourth-order valence-corrected chi connectivity index (χ4v) is 2.73. The molecule has 6 nitrogen and oxygen atoms in total. The predicted molar refractivity (Wildman–Crippen MR) is 71.1 cm³/mol. The molecule has 1 amide bonds. The first-order chi connectivity index (χ1) is 8.90. The second kappa shape index (κ2) is 5.11. The average Bonchev–Trinajstić information content (AvgIpc) is 2.77. The van der Waals surface area contributed by atoms with E-state index in [2.05, 4.69) is 13.3 Å². The normalized spacial score (nSPS) is 11.5. The third kappa shape index (κ3) is 3.00. The van der Waals surface area contributed by atoms with Crippen molar-refractivity contribution >= 4 is 43.6 Å². The average molecular weight is 326 g/mol. The molecule has 100 valence electrons. The molecule has 0 atom stereocenters. The summed E-state index contributed by atoms with van der Waals surface area (Å²) < 4.78 is 8.47. The zero-order valence-corrected chi connectivity index (χ0v) is 12.2. The molecule has 19 heavy (non-hydrogen) atoms. The van der Waals surface area contributed by atoms with Crippen molar-refractivity contribution in [3.63, 3.8) is 0 Å². The van der Waals surface area contributed by atoms with E-state index < -0.39 is 11.4 Å². The summed E-state index contributed by atoms with van der Waals surface area (Å²) in [6, 6.07) is 5.37. The van der Waals surface area contributed by atoms with Crippen molar-refractivity contribution in [2.75, 3.05) is 5.32 Å². The molecule has 0 aliphatic rings. The van der Waals surface area contributed by atoms with E-state index in [1.807, 2.05) is 6.07 Å².